The molecular formula is C22H22. The second kappa shape index (κ2) is 6.62. The molecule has 0 aliphatic heterocycles. The lowest BCUT2D eigenvalue weighted by molar-refractivity contribution is 1.11. The first-order valence-corrected chi connectivity index (χ1v) is 7.92. The van der Waals surface area contributed by atoms with E-state index >= 15 is 0 Å². The second-order valence-electron chi connectivity index (χ2n) is 5.45. The minimum atomic E-state index is 0.541. The van der Waals surface area contributed by atoms with Crippen molar-refractivity contribution in [3.63, 3.8) is 0 Å². The lowest BCUT2D eigenvalue weighted by Crippen LogP contribution is -1.95. The molecule has 3 aromatic rings. The molecule has 110 valence electrons. The van der Waals surface area contributed by atoms with E-state index in [4.69, 9.17) is 2.74 Å². The summed E-state index contributed by atoms with van der Waals surface area (Å²) in [6.45, 7) is 4.36. The molecule has 0 heterocycles. The molecule has 0 aliphatic rings. The highest BCUT2D eigenvalue weighted by Gasteiger charge is 2.10. The molecule has 0 amide bonds. The molecule has 3 rings (SSSR count). The van der Waals surface area contributed by atoms with Crippen LogP contribution in [0, 0.1) is 0 Å². The van der Waals surface area contributed by atoms with E-state index in [-0.39, 0.29) is 0 Å². The Morgan fingerprint density at radius 1 is 0.682 bits per heavy atom. The van der Waals surface area contributed by atoms with Crippen LogP contribution in [-0.4, -0.2) is 0 Å². The highest BCUT2D eigenvalue weighted by molar-refractivity contribution is 5.76. The molecule has 3 aromatic carbocycles. The number of hydrogen-bond acceptors (Lipinski definition) is 0. The summed E-state index contributed by atoms with van der Waals surface area (Å²) in [7, 11) is 0. The van der Waals surface area contributed by atoms with E-state index in [1.165, 1.54) is 33.4 Å². The smallest absolute Gasteiger partial charge is 0.0622 e. The fourth-order valence-electron chi connectivity index (χ4n) is 2.94. The minimum absolute atomic E-state index is 0.541. The third-order valence-electron chi connectivity index (χ3n) is 4.15. The van der Waals surface area contributed by atoms with Crippen LogP contribution in [-0.2, 0) is 12.8 Å². The fourth-order valence-corrected chi connectivity index (χ4v) is 2.94. The highest BCUT2D eigenvalue weighted by Crippen LogP contribution is 2.33. The Balaban J connectivity index is 2.16. The summed E-state index contributed by atoms with van der Waals surface area (Å²) in [5.74, 6) is 0. The first-order chi connectivity index (χ1) is 11.6. The van der Waals surface area contributed by atoms with Gasteiger partial charge in [0.25, 0.3) is 0 Å². The van der Waals surface area contributed by atoms with Crippen LogP contribution in [0.15, 0.2) is 72.7 Å². The van der Waals surface area contributed by atoms with Gasteiger partial charge in [-0.15, -0.1) is 0 Å². The Hall–Kier alpha value is -2.34. The highest BCUT2D eigenvalue weighted by atomic mass is 14.1. The summed E-state index contributed by atoms with van der Waals surface area (Å²) >= 11 is 0. The molecule has 0 radical (unpaired) electrons. The van der Waals surface area contributed by atoms with E-state index in [1.54, 1.807) is 0 Å². The average Bonchev–Trinajstić information content (AvgIpc) is 2.62. The molecule has 0 unspecified atom stereocenters. The third-order valence-corrected chi connectivity index (χ3v) is 4.15. The van der Waals surface area contributed by atoms with Gasteiger partial charge in [-0.2, -0.15) is 0 Å². The van der Waals surface area contributed by atoms with E-state index in [1.807, 2.05) is 48.5 Å². The van der Waals surface area contributed by atoms with Crippen molar-refractivity contribution in [2.45, 2.75) is 26.7 Å². The topological polar surface area (TPSA) is 0 Å². The van der Waals surface area contributed by atoms with Gasteiger partial charge in [-0.05, 0) is 46.2 Å². The summed E-state index contributed by atoms with van der Waals surface area (Å²) in [4.78, 5) is 0. The maximum absolute atomic E-state index is 7.68. The quantitative estimate of drug-likeness (QED) is 0.540. The van der Waals surface area contributed by atoms with Gasteiger partial charge in [-0.25, -0.2) is 0 Å². The van der Waals surface area contributed by atoms with Crippen LogP contribution in [0.3, 0.4) is 0 Å². The van der Waals surface area contributed by atoms with Gasteiger partial charge in [0.1, 0.15) is 0 Å². The molecular weight excluding hydrogens is 264 g/mol. The Labute approximate surface area is 136 Å². The summed E-state index contributed by atoms with van der Waals surface area (Å²) in [6, 6.07) is 21.2. The van der Waals surface area contributed by atoms with Crippen molar-refractivity contribution < 1.29 is 2.74 Å². The number of aryl methyl sites for hydroxylation is 2. The Kier molecular flexibility index (Phi) is 3.68. The zero-order valence-corrected chi connectivity index (χ0v) is 13.2. The molecule has 0 N–H and O–H groups in total. The van der Waals surface area contributed by atoms with Crippen LogP contribution < -0.4 is 0 Å². The van der Waals surface area contributed by atoms with Crippen LogP contribution in [0.2, 0.25) is 0 Å². The Bertz CT molecular complexity index is 758. The van der Waals surface area contributed by atoms with Gasteiger partial charge in [-0.1, -0.05) is 86.6 Å². The van der Waals surface area contributed by atoms with Crippen LogP contribution in [0.25, 0.3) is 22.3 Å². The van der Waals surface area contributed by atoms with Gasteiger partial charge in [0.2, 0.25) is 0 Å². The molecule has 0 saturated heterocycles. The van der Waals surface area contributed by atoms with Crippen molar-refractivity contribution in [3.05, 3.63) is 83.9 Å². The van der Waals surface area contributed by atoms with Crippen LogP contribution >= 0.6 is 0 Å². The van der Waals surface area contributed by atoms with E-state index in [9.17, 15) is 0 Å². The van der Waals surface area contributed by atoms with E-state index in [0.717, 1.165) is 12.8 Å². The predicted molar refractivity (Wildman–Crippen MR) is 96.1 cm³/mol. The van der Waals surface area contributed by atoms with Crippen LogP contribution in [0.1, 0.15) is 27.7 Å². The molecule has 0 saturated carbocycles. The summed E-state index contributed by atoms with van der Waals surface area (Å²) in [5.41, 5.74) is 7.49. The largest absolute Gasteiger partial charge is 0.0623 e. The number of benzene rings is 3. The first-order valence-electron chi connectivity index (χ1n) is 8.92. The van der Waals surface area contributed by atoms with Crippen molar-refractivity contribution in [1.82, 2.24) is 0 Å². The van der Waals surface area contributed by atoms with Gasteiger partial charge in [-0.3, -0.25) is 0 Å². The standard InChI is InChI=1S/C22H22/c1-3-17-15-22(20-13-9-6-10-14-20)18(4-2)16-21(17)19-11-7-5-8-12-19/h5-16H,3-4H2,1-2H3/i5D,6D. The van der Waals surface area contributed by atoms with Gasteiger partial charge in [0.05, 0.1) is 2.74 Å². The van der Waals surface area contributed by atoms with Crippen molar-refractivity contribution in [3.8, 4) is 22.3 Å². The van der Waals surface area contributed by atoms with Crippen LogP contribution in [0.5, 0.6) is 0 Å². The van der Waals surface area contributed by atoms with Crippen LogP contribution in [0.4, 0.5) is 0 Å². The molecule has 0 atom stereocenters. The van der Waals surface area contributed by atoms with Gasteiger partial charge in [0, 0.05) is 0 Å². The summed E-state index contributed by atoms with van der Waals surface area (Å²) in [5, 5.41) is 0. The number of rotatable bonds is 4. The molecule has 0 bridgehead atoms. The van der Waals surface area contributed by atoms with Crippen molar-refractivity contribution in [1.29, 1.82) is 0 Å². The van der Waals surface area contributed by atoms with Gasteiger partial charge < -0.3 is 0 Å². The van der Waals surface area contributed by atoms with E-state index < -0.39 is 0 Å². The average molecular weight is 288 g/mol. The number of hydrogen-bond donors (Lipinski definition) is 0. The molecule has 22 heavy (non-hydrogen) atoms. The molecule has 0 aliphatic carbocycles. The fraction of sp³-hybridized carbons (Fsp3) is 0.182. The Morgan fingerprint density at radius 2 is 1.05 bits per heavy atom. The van der Waals surface area contributed by atoms with Gasteiger partial charge in [0.15, 0.2) is 0 Å². The minimum Gasteiger partial charge on any atom is -0.0622 e. The lowest BCUT2D eigenvalue weighted by Gasteiger charge is -2.16. The zero-order chi connectivity index (χ0) is 17.1. The molecule has 0 nitrogen and oxygen atoms in total. The molecule has 0 heteroatoms. The van der Waals surface area contributed by atoms with Gasteiger partial charge >= 0.3 is 0 Å². The van der Waals surface area contributed by atoms with Crippen molar-refractivity contribution in [2.75, 3.05) is 0 Å². The summed E-state index contributed by atoms with van der Waals surface area (Å²) in [6.07, 6.45) is 1.93. The maximum Gasteiger partial charge on any atom is 0.0623 e. The summed E-state index contributed by atoms with van der Waals surface area (Å²) < 4.78 is 15.4. The van der Waals surface area contributed by atoms with Crippen molar-refractivity contribution in [2.24, 2.45) is 0 Å². The first kappa shape index (κ1) is 12.2. The SMILES string of the molecule is [2H]c1ccc(-c2cc(CC)c(-c3ccc([2H])cc3)cc2CC)cc1. The monoisotopic (exact) mass is 288 g/mol. The molecule has 0 fully saturated rings. The molecule has 0 spiro atoms. The third kappa shape index (κ3) is 2.82. The van der Waals surface area contributed by atoms with E-state index in [0.29, 0.717) is 12.1 Å². The zero-order valence-electron chi connectivity index (χ0n) is 15.2. The normalized spacial score (nSPS) is 11.9. The lowest BCUT2D eigenvalue weighted by atomic mass is 9.89. The molecule has 0 aromatic heterocycles. The van der Waals surface area contributed by atoms with Crippen molar-refractivity contribution >= 4 is 0 Å². The Morgan fingerprint density at radius 3 is 1.36 bits per heavy atom. The predicted octanol–water partition coefficient (Wildman–Crippen LogP) is 6.15. The van der Waals surface area contributed by atoms with E-state index in [2.05, 4.69) is 26.0 Å². The second-order valence-corrected chi connectivity index (χ2v) is 5.45. The maximum atomic E-state index is 7.68.